The van der Waals surface area contributed by atoms with Gasteiger partial charge in [0, 0.05) is 58.1 Å². The first-order chi connectivity index (χ1) is 13.7. The molecule has 6 nitrogen and oxygen atoms in total. The summed E-state index contributed by atoms with van der Waals surface area (Å²) in [7, 11) is 1.84. The predicted molar refractivity (Wildman–Crippen MR) is 116 cm³/mol. The van der Waals surface area contributed by atoms with Crippen molar-refractivity contribution in [1.82, 2.24) is 10.2 Å². The Morgan fingerprint density at radius 1 is 1.00 bits per heavy atom. The van der Waals surface area contributed by atoms with Crippen LogP contribution >= 0.6 is 0 Å². The standard InChI is InChI=1S/C22H29N5O/c1-18(28)25-20-10-8-19(9-11-20)12-13-24-22(23-2)27-16-14-26(15-17-27)21-6-4-3-5-7-21/h3-11H,12-17H2,1-2H3,(H,23,24)(H,25,28). The van der Waals surface area contributed by atoms with Crippen LogP contribution in [-0.4, -0.2) is 56.5 Å². The molecule has 0 unspecified atom stereocenters. The van der Waals surface area contributed by atoms with Crippen LogP contribution in [0.3, 0.4) is 0 Å². The van der Waals surface area contributed by atoms with E-state index in [9.17, 15) is 4.79 Å². The average Bonchev–Trinajstić information content (AvgIpc) is 2.73. The zero-order valence-corrected chi connectivity index (χ0v) is 16.7. The molecule has 1 aliphatic rings. The number of amides is 1. The van der Waals surface area contributed by atoms with Crippen molar-refractivity contribution in [3.05, 3.63) is 60.2 Å². The second kappa shape index (κ2) is 9.78. The third-order valence-electron chi connectivity index (χ3n) is 4.88. The van der Waals surface area contributed by atoms with Gasteiger partial charge in [0.05, 0.1) is 0 Å². The van der Waals surface area contributed by atoms with Crippen LogP contribution in [0.4, 0.5) is 11.4 Å². The lowest BCUT2D eigenvalue weighted by atomic mass is 10.1. The third kappa shape index (κ3) is 5.49. The average molecular weight is 380 g/mol. The fourth-order valence-electron chi connectivity index (χ4n) is 3.42. The van der Waals surface area contributed by atoms with Gasteiger partial charge in [-0.05, 0) is 36.2 Å². The molecule has 28 heavy (non-hydrogen) atoms. The molecular formula is C22H29N5O. The SMILES string of the molecule is CN=C(NCCc1ccc(NC(C)=O)cc1)N1CCN(c2ccccc2)CC1. The highest BCUT2D eigenvalue weighted by atomic mass is 16.1. The number of benzene rings is 2. The van der Waals surface area contributed by atoms with E-state index in [0.717, 1.165) is 50.8 Å². The van der Waals surface area contributed by atoms with Crippen LogP contribution in [0.1, 0.15) is 12.5 Å². The molecule has 0 aromatic heterocycles. The summed E-state index contributed by atoms with van der Waals surface area (Å²) >= 11 is 0. The quantitative estimate of drug-likeness (QED) is 0.619. The van der Waals surface area contributed by atoms with E-state index in [-0.39, 0.29) is 5.91 Å². The van der Waals surface area contributed by atoms with Crippen molar-refractivity contribution < 1.29 is 4.79 Å². The Hall–Kier alpha value is -3.02. The van der Waals surface area contributed by atoms with Crippen molar-refractivity contribution >= 4 is 23.2 Å². The minimum atomic E-state index is -0.0504. The molecule has 1 amide bonds. The Morgan fingerprint density at radius 3 is 2.29 bits per heavy atom. The number of carbonyl (C=O) groups excluding carboxylic acids is 1. The van der Waals surface area contributed by atoms with E-state index in [1.165, 1.54) is 18.2 Å². The zero-order valence-electron chi connectivity index (χ0n) is 16.7. The van der Waals surface area contributed by atoms with Gasteiger partial charge in [-0.25, -0.2) is 0 Å². The number of nitrogens with one attached hydrogen (secondary N) is 2. The summed E-state index contributed by atoms with van der Waals surface area (Å²) < 4.78 is 0. The predicted octanol–water partition coefficient (Wildman–Crippen LogP) is 2.59. The molecule has 0 bridgehead atoms. The van der Waals surface area contributed by atoms with Gasteiger partial charge in [0.1, 0.15) is 0 Å². The van der Waals surface area contributed by atoms with Gasteiger partial charge in [0.15, 0.2) is 5.96 Å². The second-order valence-electron chi connectivity index (χ2n) is 6.91. The van der Waals surface area contributed by atoms with Crippen LogP contribution in [0, 0.1) is 0 Å². The summed E-state index contributed by atoms with van der Waals surface area (Å²) in [5, 5.41) is 6.27. The van der Waals surface area contributed by atoms with E-state index in [2.05, 4.69) is 55.8 Å². The van der Waals surface area contributed by atoms with Crippen molar-refractivity contribution in [2.75, 3.05) is 50.0 Å². The molecule has 1 heterocycles. The lowest BCUT2D eigenvalue weighted by molar-refractivity contribution is -0.114. The van der Waals surface area contributed by atoms with E-state index in [1.54, 1.807) is 0 Å². The fourth-order valence-corrected chi connectivity index (χ4v) is 3.42. The van der Waals surface area contributed by atoms with Gasteiger partial charge in [-0.15, -0.1) is 0 Å². The Kier molecular flexibility index (Phi) is 6.89. The molecule has 6 heteroatoms. The summed E-state index contributed by atoms with van der Waals surface area (Å²) in [4.78, 5) is 20.3. The summed E-state index contributed by atoms with van der Waals surface area (Å²) in [5.74, 6) is 0.910. The number of carbonyl (C=O) groups is 1. The lowest BCUT2D eigenvalue weighted by Gasteiger charge is -2.37. The van der Waals surface area contributed by atoms with Crippen LogP contribution in [0.5, 0.6) is 0 Å². The van der Waals surface area contributed by atoms with Crippen LogP contribution < -0.4 is 15.5 Å². The minimum Gasteiger partial charge on any atom is -0.368 e. The van der Waals surface area contributed by atoms with Gasteiger partial charge in [-0.3, -0.25) is 9.79 Å². The number of guanidine groups is 1. The largest absolute Gasteiger partial charge is 0.368 e. The molecule has 0 spiro atoms. The summed E-state index contributed by atoms with van der Waals surface area (Å²) in [6.45, 7) is 6.25. The van der Waals surface area contributed by atoms with Crippen LogP contribution in [0.15, 0.2) is 59.6 Å². The highest BCUT2D eigenvalue weighted by molar-refractivity contribution is 5.88. The first-order valence-electron chi connectivity index (χ1n) is 9.78. The maximum Gasteiger partial charge on any atom is 0.221 e. The fraction of sp³-hybridized carbons (Fsp3) is 0.364. The second-order valence-corrected chi connectivity index (χ2v) is 6.91. The van der Waals surface area contributed by atoms with Crippen molar-refractivity contribution in [3.63, 3.8) is 0 Å². The van der Waals surface area contributed by atoms with Gasteiger partial charge in [0.2, 0.25) is 5.91 Å². The Labute approximate surface area is 167 Å². The molecule has 1 fully saturated rings. The van der Waals surface area contributed by atoms with Crippen molar-refractivity contribution in [2.24, 2.45) is 4.99 Å². The number of piperazine rings is 1. The molecule has 148 valence electrons. The van der Waals surface area contributed by atoms with Gasteiger partial charge < -0.3 is 20.4 Å². The highest BCUT2D eigenvalue weighted by Gasteiger charge is 2.19. The van der Waals surface area contributed by atoms with Crippen molar-refractivity contribution in [1.29, 1.82) is 0 Å². The molecule has 1 saturated heterocycles. The zero-order chi connectivity index (χ0) is 19.8. The Morgan fingerprint density at radius 2 is 1.68 bits per heavy atom. The summed E-state index contributed by atoms with van der Waals surface area (Å²) in [5.41, 5.74) is 3.34. The van der Waals surface area contributed by atoms with E-state index in [0.29, 0.717) is 0 Å². The number of aliphatic imine (C=N–C) groups is 1. The van der Waals surface area contributed by atoms with Crippen molar-refractivity contribution in [2.45, 2.75) is 13.3 Å². The first-order valence-corrected chi connectivity index (χ1v) is 9.78. The number of rotatable bonds is 5. The minimum absolute atomic E-state index is 0.0504. The molecule has 0 saturated carbocycles. The van der Waals surface area contributed by atoms with E-state index >= 15 is 0 Å². The van der Waals surface area contributed by atoms with Crippen LogP contribution in [0.25, 0.3) is 0 Å². The van der Waals surface area contributed by atoms with E-state index in [1.807, 2.05) is 31.3 Å². The third-order valence-corrected chi connectivity index (χ3v) is 4.88. The van der Waals surface area contributed by atoms with Crippen LogP contribution in [0.2, 0.25) is 0 Å². The van der Waals surface area contributed by atoms with Gasteiger partial charge in [0.25, 0.3) is 0 Å². The molecule has 0 aliphatic carbocycles. The normalized spacial score (nSPS) is 14.7. The highest BCUT2D eigenvalue weighted by Crippen LogP contribution is 2.15. The van der Waals surface area contributed by atoms with E-state index in [4.69, 9.17) is 0 Å². The molecule has 2 N–H and O–H groups in total. The lowest BCUT2D eigenvalue weighted by Crippen LogP contribution is -2.52. The maximum absolute atomic E-state index is 11.1. The number of anilines is 2. The number of nitrogens with zero attached hydrogens (tertiary/aromatic N) is 3. The topological polar surface area (TPSA) is 60.0 Å². The molecule has 2 aromatic rings. The van der Waals surface area contributed by atoms with Gasteiger partial charge in [-0.2, -0.15) is 0 Å². The first kappa shape index (κ1) is 19.7. The summed E-state index contributed by atoms with van der Waals surface area (Å²) in [6, 6.07) is 18.5. The number of hydrogen-bond acceptors (Lipinski definition) is 3. The maximum atomic E-state index is 11.1. The molecule has 3 rings (SSSR count). The van der Waals surface area contributed by atoms with Gasteiger partial charge in [-0.1, -0.05) is 30.3 Å². The molecule has 2 aromatic carbocycles. The van der Waals surface area contributed by atoms with Crippen LogP contribution in [-0.2, 0) is 11.2 Å². The molecule has 1 aliphatic heterocycles. The molecular weight excluding hydrogens is 350 g/mol. The van der Waals surface area contributed by atoms with E-state index < -0.39 is 0 Å². The molecule has 0 atom stereocenters. The monoisotopic (exact) mass is 379 g/mol. The summed E-state index contributed by atoms with van der Waals surface area (Å²) in [6.07, 6.45) is 0.906. The Bertz CT molecular complexity index is 780. The smallest absolute Gasteiger partial charge is 0.221 e. The van der Waals surface area contributed by atoms with Gasteiger partial charge >= 0.3 is 0 Å². The molecule has 0 radical (unpaired) electrons. The number of para-hydroxylation sites is 1. The van der Waals surface area contributed by atoms with Crippen molar-refractivity contribution in [3.8, 4) is 0 Å². The number of hydrogen-bond donors (Lipinski definition) is 2. The Balaban J connectivity index is 1.44.